The van der Waals surface area contributed by atoms with Crippen LogP contribution in [0, 0.1) is 0 Å². The lowest BCUT2D eigenvalue weighted by molar-refractivity contribution is -0.138. The van der Waals surface area contributed by atoms with E-state index in [1.807, 2.05) is 13.8 Å². The summed E-state index contributed by atoms with van der Waals surface area (Å²) in [6, 6.07) is 11.5. The van der Waals surface area contributed by atoms with Crippen molar-refractivity contribution in [2.24, 2.45) is 0 Å². The molecule has 0 radical (unpaired) electrons. The van der Waals surface area contributed by atoms with Crippen LogP contribution < -0.4 is 14.8 Å². The van der Waals surface area contributed by atoms with Gasteiger partial charge in [0.05, 0.1) is 6.54 Å². The topological polar surface area (TPSA) is 111 Å². The third-order valence-corrected chi connectivity index (χ3v) is 5.59. The molecule has 2 heterocycles. The van der Waals surface area contributed by atoms with Gasteiger partial charge in [-0.25, -0.2) is 0 Å². The van der Waals surface area contributed by atoms with Gasteiger partial charge in [0.25, 0.3) is 0 Å². The average Bonchev–Trinajstić information content (AvgIpc) is 3.33. The van der Waals surface area contributed by atoms with E-state index in [-0.39, 0.29) is 18.4 Å². The van der Waals surface area contributed by atoms with Crippen molar-refractivity contribution in [1.82, 2.24) is 25.1 Å². The van der Waals surface area contributed by atoms with Gasteiger partial charge in [0.1, 0.15) is 13.2 Å². The molecule has 2 aromatic carbocycles. The Hall–Kier alpha value is -3.66. The Balaban J connectivity index is 1.42. The first-order chi connectivity index (χ1) is 16.5. The number of nitrogens with zero attached hydrogens (tertiary/aromatic N) is 5. The number of fused-ring (bicyclic) bond motifs is 1. The highest BCUT2D eigenvalue weighted by Gasteiger charge is 2.27. The van der Waals surface area contributed by atoms with Gasteiger partial charge < -0.3 is 19.7 Å². The number of rotatable bonds is 8. The molecule has 0 saturated carbocycles. The van der Waals surface area contributed by atoms with E-state index in [4.69, 9.17) is 21.1 Å². The first-order valence-corrected chi connectivity index (χ1v) is 11.4. The number of amides is 2. The Morgan fingerprint density at radius 1 is 1.12 bits per heavy atom. The summed E-state index contributed by atoms with van der Waals surface area (Å²) in [7, 11) is 0. The number of nitrogens with one attached hydrogen (secondary N) is 1. The second-order valence-electron chi connectivity index (χ2n) is 7.62. The highest BCUT2D eigenvalue weighted by molar-refractivity contribution is 6.30. The summed E-state index contributed by atoms with van der Waals surface area (Å²) >= 11 is 5.94. The number of anilines is 1. The maximum atomic E-state index is 13.2. The minimum atomic E-state index is -0.685. The molecule has 0 saturated heterocycles. The first kappa shape index (κ1) is 23.5. The molecule has 1 N–H and O–H groups in total. The zero-order valence-electron chi connectivity index (χ0n) is 18.9. The molecule has 1 unspecified atom stereocenters. The quantitative estimate of drug-likeness (QED) is 0.522. The molecule has 4 rings (SSSR count). The Bertz CT molecular complexity index is 1170. The summed E-state index contributed by atoms with van der Waals surface area (Å²) in [5, 5.41) is 15.9. The molecule has 0 aliphatic carbocycles. The Labute approximate surface area is 201 Å². The predicted molar refractivity (Wildman–Crippen MR) is 126 cm³/mol. The molecule has 3 aromatic rings. The number of benzene rings is 2. The van der Waals surface area contributed by atoms with Crippen molar-refractivity contribution in [1.29, 1.82) is 0 Å². The summed E-state index contributed by atoms with van der Waals surface area (Å²) in [6.45, 7) is 4.86. The minimum absolute atomic E-state index is 0.112. The summed E-state index contributed by atoms with van der Waals surface area (Å²) < 4.78 is 11.0. The van der Waals surface area contributed by atoms with Crippen molar-refractivity contribution in [3.63, 3.8) is 0 Å². The maximum Gasteiger partial charge on any atom is 0.249 e. The third-order valence-electron chi connectivity index (χ3n) is 5.34. The van der Waals surface area contributed by atoms with E-state index in [2.05, 4.69) is 20.7 Å². The van der Waals surface area contributed by atoms with Crippen LogP contribution in [0.15, 0.2) is 42.5 Å². The zero-order valence-corrected chi connectivity index (χ0v) is 19.7. The minimum Gasteiger partial charge on any atom is -0.486 e. The number of carbonyl (C=O) groups excluding carboxylic acids is 2. The van der Waals surface area contributed by atoms with Gasteiger partial charge in [-0.2, -0.15) is 4.80 Å². The van der Waals surface area contributed by atoms with Crippen LogP contribution in [0.3, 0.4) is 0 Å². The maximum absolute atomic E-state index is 13.2. The van der Waals surface area contributed by atoms with Crippen molar-refractivity contribution < 1.29 is 19.1 Å². The number of tetrazole rings is 1. The molecule has 10 nitrogen and oxygen atoms in total. The molecule has 0 bridgehead atoms. The fourth-order valence-corrected chi connectivity index (χ4v) is 3.69. The van der Waals surface area contributed by atoms with Gasteiger partial charge in [-0.3, -0.25) is 9.59 Å². The first-order valence-electron chi connectivity index (χ1n) is 11.0. The van der Waals surface area contributed by atoms with Crippen molar-refractivity contribution >= 4 is 29.1 Å². The molecule has 0 spiro atoms. The normalized spacial score (nSPS) is 13.3. The molecule has 0 fully saturated rings. The van der Waals surface area contributed by atoms with Crippen LogP contribution in [-0.2, 0) is 9.59 Å². The van der Waals surface area contributed by atoms with Crippen molar-refractivity contribution in [2.75, 3.05) is 31.6 Å². The lowest BCUT2D eigenvalue weighted by Gasteiger charge is -2.24. The SMILES string of the molecule is CCC(C(=O)N(CC)CC(=O)Nc1ccc2c(c1)OCCO2)n1nnc(-c2ccc(Cl)cc2)n1. The molecule has 1 aromatic heterocycles. The molecule has 1 atom stereocenters. The Kier molecular flexibility index (Phi) is 7.27. The molecule has 1 aliphatic rings. The van der Waals surface area contributed by atoms with Crippen LogP contribution in [0.2, 0.25) is 5.02 Å². The van der Waals surface area contributed by atoms with Crippen LogP contribution in [0.25, 0.3) is 11.4 Å². The third kappa shape index (κ3) is 5.28. The highest BCUT2D eigenvalue weighted by atomic mass is 35.5. The number of hydrogen-bond donors (Lipinski definition) is 1. The zero-order chi connectivity index (χ0) is 24.1. The number of ether oxygens (including phenoxy) is 2. The fourth-order valence-electron chi connectivity index (χ4n) is 3.56. The predicted octanol–water partition coefficient (Wildman–Crippen LogP) is 3.20. The van der Waals surface area contributed by atoms with Gasteiger partial charge >= 0.3 is 0 Å². The lowest BCUT2D eigenvalue weighted by Crippen LogP contribution is -2.42. The van der Waals surface area contributed by atoms with E-state index in [0.29, 0.717) is 54.2 Å². The van der Waals surface area contributed by atoms with Crippen LogP contribution in [0.4, 0.5) is 5.69 Å². The second-order valence-corrected chi connectivity index (χ2v) is 8.06. The molecular weight excluding hydrogens is 460 g/mol. The van der Waals surface area contributed by atoms with Crippen LogP contribution in [0.1, 0.15) is 26.3 Å². The van der Waals surface area contributed by atoms with E-state index in [1.54, 1.807) is 42.5 Å². The number of likely N-dealkylation sites (N-methyl/N-ethyl adjacent to an activating group) is 1. The van der Waals surface area contributed by atoms with Gasteiger partial charge in [-0.05, 0) is 55.0 Å². The monoisotopic (exact) mass is 484 g/mol. The molecule has 1 aliphatic heterocycles. The van der Waals surface area contributed by atoms with Crippen LogP contribution in [0.5, 0.6) is 11.5 Å². The van der Waals surface area contributed by atoms with E-state index < -0.39 is 6.04 Å². The average molecular weight is 485 g/mol. The highest BCUT2D eigenvalue weighted by Crippen LogP contribution is 2.32. The molecular formula is C23H25ClN6O4. The second kappa shape index (κ2) is 10.5. The smallest absolute Gasteiger partial charge is 0.249 e. The molecule has 34 heavy (non-hydrogen) atoms. The van der Waals surface area contributed by atoms with Gasteiger partial charge in [0.2, 0.25) is 17.6 Å². The van der Waals surface area contributed by atoms with Crippen LogP contribution >= 0.6 is 11.6 Å². The molecule has 11 heteroatoms. The van der Waals surface area contributed by atoms with Gasteiger partial charge in [-0.15, -0.1) is 10.2 Å². The van der Waals surface area contributed by atoms with Gasteiger partial charge in [0.15, 0.2) is 17.5 Å². The van der Waals surface area contributed by atoms with Gasteiger partial charge in [-0.1, -0.05) is 18.5 Å². The van der Waals surface area contributed by atoms with Crippen LogP contribution in [-0.4, -0.2) is 63.2 Å². The van der Waals surface area contributed by atoms with Gasteiger partial charge in [0, 0.05) is 28.9 Å². The van der Waals surface area contributed by atoms with Crippen molar-refractivity contribution in [3.8, 4) is 22.9 Å². The Morgan fingerprint density at radius 2 is 1.85 bits per heavy atom. The van der Waals surface area contributed by atoms with E-state index in [9.17, 15) is 9.59 Å². The van der Waals surface area contributed by atoms with E-state index in [0.717, 1.165) is 5.56 Å². The number of carbonyl (C=O) groups is 2. The largest absolute Gasteiger partial charge is 0.486 e. The standard InChI is InChI=1S/C23H25ClN6O4/c1-3-18(30-27-22(26-28-30)15-5-7-16(24)8-6-15)23(32)29(4-2)14-21(31)25-17-9-10-19-20(13-17)34-12-11-33-19/h5-10,13,18H,3-4,11-12,14H2,1-2H3,(H,25,31). The number of halogens is 1. The number of aromatic nitrogens is 4. The van der Waals surface area contributed by atoms with E-state index >= 15 is 0 Å². The summed E-state index contributed by atoms with van der Waals surface area (Å²) in [5.41, 5.74) is 1.31. The summed E-state index contributed by atoms with van der Waals surface area (Å²) in [5.74, 6) is 1.02. The van der Waals surface area contributed by atoms with Crippen molar-refractivity contribution in [3.05, 3.63) is 47.5 Å². The fraction of sp³-hybridized carbons (Fsp3) is 0.348. The molecule has 178 valence electrons. The summed E-state index contributed by atoms with van der Waals surface area (Å²) in [4.78, 5) is 28.7. The molecule has 2 amide bonds. The Morgan fingerprint density at radius 3 is 2.56 bits per heavy atom. The van der Waals surface area contributed by atoms with Crippen molar-refractivity contribution in [2.45, 2.75) is 26.3 Å². The number of hydrogen-bond acceptors (Lipinski definition) is 7. The van der Waals surface area contributed by atoms with E-state index in [1.165, 1.54) is 9.70 Å². The lowest BCUT2D eigenvalue weighted by atomic mass is 10.2. The summed E-state index contributed by atoms with van der Waals surface area (Å²) in [6.07, 6.45) is 0.440.